The molecule has 0 fully saturated rings. The molecule has 0 bridgehead atoms. The molecular weight excluding hydrogens is 336 g/mol. The Kier molecular flexibility index (Phi) is 5.63. The second kappa shape index (κ2) is 7.69. The molecule has 0 saturated carbocycles. The van der Waals surface area contributed by atoms with Crippen molar-refractivity contribution in [2.75, 3.05) is 13.2 Å². The second-order valence-corrected chi connectivity index (χ2v) is 5.29. The summed E-state index contributed by atoms with van der Waals surface area (Å²) in [6.07, 6.45) is -0.00819. The van der Waals surface area contributed by atoms with Gasteiger partial charge in [0.15, 0.2) is 0 Å². The highest BCUT2D eigenvalue weighted by Gasteiger charge is 2.02. The Hall–Kier alpha value is -2.01. The Morgan fingerprint density at radius 1 is 1.00 bits per heavy atom. The predicted octanol–water partition coefficient (Wildman–Crippen LogP) is 3.53. The van der Waals surface area contributed by atoms with Gasteiger partial charge in [-0.25, -0.2) is 0 Å². The van der Waals surface area contributed by atoms with Crippen LogP contribution in [0.2, 0.25) is 0 Å². The maximum absolute atomic E-state index is 10.7. The smallest absolute Gasteiger partial charge is 0.307 e. The number of aliphatic carboxylic acids is 1. The molecule has 21 heavy (non-hydrogen) atoms. The minimum Gasteiger partial charge on any atom is -0.490 e. The third-order valence-electron chi connectivity index (χ3n) is 2.67. The standard InChI is InChI=1S/C16H15BrO4/c17-13-4-2-6-15(11-13)21-8-7-20-14-5-1-3-12(9-14)10-16(18)19/h1-6,9,11H,7-8,10H2,(H,18,19). The van der Waals surface area contributed by atoms with Crippen LogP contribution in [0.25, 0.3) is 0 Å². The van der Waals surface area contributed by atoms with Crippen LogP contribution in [0.5, 0.6) is 11.5 Å². The Bertz CT molecular complexity index is 613. The molecular formula is C16H15BrO4. The molecule has 4 nitrogen and oxygen atoms in total. The van der Waals surface area contributed by atoms with Crippen LogP contribution in [-0.2, 0) is 11.2 Å². The van der Waals surface area contributed by atoms with Gasteiger partial charge in [-0.3, -0.25) is 4.79 Å². The lowest BCUT2D eigenvalue weighted by Gasteiger charge is -2.09. The van der Waals surface area contributed by atoms with Crippen LogP contribution >= 0.6 is 15.9 Å². The largest absolute Gasteiger partial charge is 0.490 e. The summed E-state index contributed by atoms with van der Waals surface area (Å²) in [5.74, 6) is 0.560. The summed E-state index contributed by atoms with van der Waals surface area (Å²) in [5, 5.41) is 8.76. The summed E-state index contributed by atoms with van der Waals surface area (Å²) < 4.78 is 12.1. The van der Waals surface area contributed by atoms with Crippen molar-refractivity contribution < 1.29 is 19.4 Å². The monoisotopic (exact) mass is 350 g/mol. The van der Waals surface area contributed by atoms with E-state index in [1.165, 1.54) is 0 Å². The maximum atomic E-state index is 10.7. The van der Waals surface area contributed by atoms with Crippen LogP contribution in [-0.4, -0.2) is 24.3 Å². The van der Waals surface area contributed by atoms with Gasteiger partial charge in [0.1, 0.15) is 24.7 Å². The molecule has 0 aromatic heterocycles. The molecule has 5 heteroatoms. The van der Waals surface area contributed by atoms with E-state index in [9.17, 15) is 4.79 Å². The zero-order valence-electron chi connectivity index (χ0n) is 11.3. The average Bonchev–Trinajstić information content (AvgIpc) is 2.43. The number of ether oxygens (including phenoxy) is 2. The SMILES string of the molecule is O=C(O)Cc1cccc(OCCOc2cccc(Br)c2)c1. The van der Waals surface area contributed by atoms with Gasteiger partial charge in [-0.15, -0.1) is 0 Å². The number of halogens is 1. The van der Waals surface area contributed by atoms with Crippen molar-refractivity contribution in [2.45, 2.75) is 6.42 Å². The van der Waals surface area contributed by atoms with Gasteiger partial charge in [0.2, 0.25) is 0 Å². The second-order valence-electron chi connectivity index (χ2n) is 4.37. The number of hydrogen-bond acceptors (Lipinski definition) is 3. The zero-order chi connectivity index (χ0) is 15.1. The molecule has 0 atom stereocenters. The minimum atomic E-state index is -0.856. The summed E-state index contributed by atoms with van der Waals surface area (Å²) in [7, 11) is 0. The molecule has 0 aliphatic heterocycles. The molecule has 0 amide bonds. The fourth-order valence-corrected chi connectivity index (χ4v) is 2.17. The number of carbonyl (C=O) groups is 1. The summed E-state index contributed by atoms with van der Waals surface area (Å²) in [6, 6.07) is 14.7. The lowest BCUT2D eigenvalue weighted by atomic mass is 10.1. The molecule has 0 spiro atoms. The van der Waals surface area contributed by atoms with Gasteiger partial charge in [0.25, 0.3) is 0 Å². The van der Waals surface area contributed by atoms with Gasteiger partial charge in [-0.1, -0.05) is 34.1 Å². The molecule has 0 saturated heterocycles. The first-order chi connectivity index (χ1) is 10.1. The van der Waals surface area contributed by atoms with E-state index in [0.717, 1.165) is 10.2 Å². The van der Waals surface area contributed by atoms with Crippen molar-refractivity contribution in [3.05, 3.63) is 58.6 Å². The lowest BCUT2D eigenvalue weighted by molar-refractivity contribution is -0.136. The topological polar surface area (TPSA) is 55.8 Å². The Morgan fingerprint density at radius 3 is 2.24 bits per heavy atom. The predicted molar refractivity (Wildman–Crippen MR) is 82.9 cm³/mol. The van der Waals surface area contributed by atoms with Crippen LogP contribution in [0.4, 0.5) is 0 Å². The number of hydrogen-bond donors (Lipinski definition) is 1. The van der Waals surface area contributed by atoms with Crippen molar-refractivity contribution in [1.29, 1.82) is 0 Å². The first kappa shape index (κ1) is 15.4. The van der Waals surface area contributed by atoms with Crippen LogP contribution in [0.3, 0.4) is 0 Å². The molecule has 0 aliphatic rings. The quantitative estimate of drug-likeness (QED) is 0.776. The molecule has 1 N–H and O–H groups in total. The van der Waals surface area contributed by atoms with E-state index in [-0.39, 0.29) is 6.42 Å². The summed E-state index contributed by atoms with van der Waals surface area (Å²) in [5.41, 5.74) is 0.716. The van der Waals surface area contributed by atoms with Crippen molar-refractivity contribution in [2.24, 2.45) is 0 Å². The van der Waals surface area contributed by atoms with Gasteiger partial charge in [0.05, 0.1) is 6.42 Å². The fourth-order valence-electron chi connectivity index (χ4n) is 1.80. The molecule has 0 unspecified atom stereocenters. The third-order valence-corrected chi connectivity index (χ3v) is 3.16. The first-order valence-corrected chi connectivity index (χ1v) is 7.25. The van der Waals surface area contributed by atoms with Gasteiger partial charge < -0.3 is 14.6 Å². The van der Waals surface area contributed by atoms with E-state index in [4.69, 9.17) is 14.6 Å². The molecule has 2 aromatic carbocycles. The van der Waals surface area contributed by atoms with Crippen molar-refractivity contribution in [1.82, 2.24) is 0 Å². The Balaban J connectivity index is 1.79. The number of carboxylic acids is 1. The van der Waals surface area contributed by atoms with Crippen LogP contribution in [0.15, 0.2) is 53.0 Å². The van der Waals surface area contributed by atoms with E-state index in [2.05, 4.69) is 15.9 Å². The molecule has 0 radical (unpaired) electrons. The molecule has 0 heterocycles. The molecule has 2 rings (SSSR count). The minimum absolute atomic E-state index is 0.00819. The molecule has 2 aromatic rings. The third kappa shape index (κ3) is 5.47. The number of rotatable bonds is 7. The highest BCUT2D eigenvalue weighted by atomic mass is 79.9. The summed E-state index contributed by atoms with van der Waals surface area (Å²) >= 11 is 3.38. The van der Waals surface area contributed by atoms with Crippen LogP contribution in [0.1, 0.15) is 5.56 Å². The van der Waals surface area contributed by atoms with E-state index < -0.39 is 5.97 Å². The van der Waals surface area contributed by atoms with E-state index in [1.54, 1.807) is 24.3 Å². The fraction of sp³-hybridized carbons (Fsp3) is 0.188. The Labute approximate surface area is 131 Å². The maximum Gasteiger partial charge on any atom is 0.307 e. The summed E-state index contributed by atoms with van der Waals surface area (Å²) in [4.78, 5) is 10.7. The summed E-state index contributed by atoms with van der Waals surface area (Å²) in [6.45, 7) is 0.808. The van der Waals surface area contributed by atoms with Gasteiger partial charge in [-0.2, -0.15) is 0 Å². The lowest BCUT2D eigenvalue weighted by Crippen LogP contribution is -2.09. The molecule has 0 aliphatic carbocycles. The number of carboxylic acid groups (broad SMARTS) is 1. The van der Waals surface area contributed by atoms with Crippen molar-refractivity contribution in [3.63, 3.8) is 0 Å². The van der Waals surface area contributed by atoms with E-state index in [1.807, 2.05) is 24.3 Å². The van der Waals surface area contributed by atoms with E-state index in [0.29, 0.717) is 24.5 Å². The van der Waals surface area contributed by atoms with Crippen molar-refractivity contribution >= 4 is 21.9 Å². The van der Waals surface area contributed by atoms with Gasteiger partial charge >= 0.3 is 5.97 Å². The highest BCUT2D eigenvalue weighted by molar-refractivity contribution is 9.10. The first-order valence-electron chi connectivity index (χ1n) is 6.45. The zero-order valence-corrected chi connectivity index (χ0v) is 12.9. The van der Waals surface area contributed by atoms with E-state index >= 15 is 0 Å². The number of benzene rings is 2. The Morgan fingerprint density at radius 2 is 1.62 bits per heavy atom. The van der Waals surface area contributed by atoms with Crippen LogP contribution in [0, 0.1) is 0 Å². The normalized spacial score (nSPS) is 10.1. The van der Waals surface area contributed by atoms with Gasteiger partial charge in [-0.05, 0) is 35.9 Å². The average molecular weight is 351 g/mol. The van der Waals surface area contributed by atoms with Crippen molar-refractivity contribution in [3.8, 4) is 11.5 Å². The molecule has 110 valence electrons. The highest BCUT2D eigenvalue weighted by Crippen LogP contribution is 2.18. The van der Waals surface area contributed by atoms with Crippen LogP contribution < -0.4 is 9.47 Å². The van der Waals surface area contributed by atoms with Gasteiger partial charge in [0, 0.05) is 4.47 Å².